The molecule has 1 unspecified atom stereocenters. The fourth-order valence-corrected chi connectivity index (χ4v) is 3.47. The zero-order chi connectivity index (χ0) is 20.7. The maximum Gasteiger partial charge on any atom is 0.325 e. The monoisotopic (exact) mass is 442 g/mol. The minimum absolute atomic E-state index is 0.00843. The van der Waals surface area contributed by atoms with Crippen LogP contribution in [0, 0.1) is 0 Å². The van der Waals surface area contributed by atoms with Crippen LogP contribution in [0.25, 0.3) is 0 Å². The minimum atomic E-state index is -1.19. The molecule has 3 amide bonds. The van der Waals surface area contributed by atoms with Gasteiger partial charge in [0.05, 0.1) is 6.54 Å². The second kappa shape index (κ2) is 7.17. The number of rotatable bonds is 4. The lowest BCUT2D eigenvalue weighted by molar-refractivity contribution is -0.130. The molecule has 2 aromatic rings. The standard InChI is InChI=1S/C22H23BrN2O3/c1-21(2,3)15-7-9-16(10-8-15)22(4)19(27)25(20(28)24-22)13-18(26)14-5-11-17(23)12-6-14/h5-12H,13H2,1-4H3,(H,24,28). The average molecular weight is 443 g/mol. The first-order valence-electron chi connectivity index (χ1n) is 9.06. The second-order valence-corrected chi connectivity index (χ2v) is 9.12. The maximum absolute atomic E-state index is 13.0. The summed E-state index contributed by atoms with van der Waals surface area (Å²) in [5.41, 5.74) is 1.09. The summed E-state index contributed by atoms with van der Waals surface area (Å²) in [5.74, 6) is -0.713. The molecule has 1 aliphatic rings. The summed E-state index contributed by atoms with van der Waals surface area (Å²) in [4.78, 5) is 39.0. The highest BCUT2D eigenvalue weighted by Gasteiger charge is 2.49. The van der Waals surface area contributed by atoms with E-state index in [0.717, 1.165) is 14.9 Å². The van der Waals surface area contributed by atoms with Crippen molar-refractivity contribution in [2.45, 2.75) is 38.6 Å². The van der Waals surface area contributed by atoms with Crippen LogP contribution in [0.1, 0.15) is 49.2 Å². The van der Waals surface area contributed by atoms with Gasteiger partial charge in [0.2, 0.25) is 0 Å². The number of amides is 3. The number of imide groups is 1. The van der Waals surface area contributed by atoms with E-state index in [1.165, 1.54) is 0 Å². The average Bonchev–Trinajstić information content (AvgIpc) is 2.86. The number of Topliss-reactive ketones (excluding diaryl/α,β-unsaturated/α-hetero) is 1. The summed E-state index contributed by atoms with van der Waals surface area (Å²) >= 11 is 3.32. The fraction of sp³-hybridized carbons (Fsp3) is 0.318. The van der Waals surface area contributed by atoms with Crippen molar-refractivity contribution in [1.29, 1.82) is 0 Å². The number of halogens is 1. The van der Waals surface area contributed by atoms with Crippen LogP contribution < -0.4 is 5.32 Å². The SMILES string of the molecule is CC(C)(C)c1ccc(C2(C)NC(=O)N(CC(=O)c3ccc(Br)cc3)C2=O)cc1. The van der Waals surface area contributed by atoms with Crippen molar-refractivity contribution in [2.75, 3.05) is 6.54 Å². The van der Waals surface area contributed by atoms with Crippen LogP contribution in [0.4, 0.5) is 4.79 Å². The molecule has 1 aliphatic heterocycles. The van der Waals surface area contributed by atoms with Crippen molar-refractivity contribution in [3.05, 3.63) is 69.7 Å². The summed E-state index contributed by atoms with van der Waals surface area (Å²) in [6, 6.07) is 13.9. The number of hydrogen-bond acceptors (Lipinski definition) is 3. The molecule has 0 aromatic heterocycles. The van der Waals surface area contributed by atoms with Gasteiger partial charge >= 0.3 is 6.03 Å². The molecule has 2 aromatic carbocycles. The normalized spacial score (nSPS) is 19.7. The summed E-state index contributed by atoms with van der Waals surface area (Å²) < 4.78 is 0.852. The zero-order valence-corrected chi connectivity index (χ0v) is 18.0. The molecule has 0 radical (unpaired) electrons. The van der Waals surface area contributed by atoms with E-state index >= 15 is 0 Å². The highest BCUT2D eigenvalue weighted by Crippen LogP contribution is 2.31. The fourth-order valence-electron chi connectivity index (χ4n) is 3.21. The van der Waals surface area contributed by atoms with E-state index in [2.05, 4.69) is 42.0 Å². The molecule has 1 atom stereocenters. The first kappa shape index (κ1) is 20.3. The molecule has 0 bridgehead atoms. The van der Waals surface area contributed by atoms with E-state index in [-0.39, 0.29) is 17.7 Å². The van der Waals surface area contributed by atoms with Crippen molar-refractivity contribution < 1.29 is 14.4 Å². The van der Waals surface area contributed by atoms with Gasteiger partial charge in [0.25, 0.3) is 5.91 Å². The number of carbonyl (C=O) groups excluding carboxylic acids is 3. The lowest BCUT2D eigenvalue weighted by Gasteiger charge is -2.24. The molecular formula is C22H23BrN2O3. The molecule has 0 spiro atoms. The summed E-state index contributed by atoms with van der Waals surface area (Å²) in [6.45, 7) is 7.72. The molecule has 3 rings (SSSR count). The Labute approximate surface area is 173 Å². The van der Waals surface area contributed by atoms with E-state index in [4.69, 9.17) is 0 Å². The number of hydrogen-bond donors (Lipinski definition) is 1. The van der Waals surface area contributed by atoms with Gasteiger partial charge in [-0.05, 0) is 35.6 Å². The lowest BCUT2D eigenvalue weighted by atomic mass is 9.84. The molecule has 1 heterocycles. The van der Waals surface area contributed by atoms with Gasteiger partial charge in [-0.2, -0.15) is 0 Å². The van der Waals surface area contributed by atoms with E-state index in [9.17, 15) is 14.4 Å². The van der Waals surface area contributed by atoms with Crippen LogP contribution in [-0.4, -0.2) is 29.2 Å². The largest absolute Gasteiger partial charge is 0.325 e. The molecule has 0 saturated carbocycles. The predicted molar refractivity (Wildman–Crippen MR) is 111 cm³/mol. The molecule has 1 fully saturated rings. The summed E-state index contributed by atoms with van der Waals surface area (Å²) in [7, 11) is 0. The minimum Gasteiger partial charge on any atom is -0.319 e. The van der Waals surface area contributed by atoms with Crippen molar-refractivity contribution in [1.82, 2.24) is 10.2 Å². The quantitative estimate of drug-likeness (QED) is 0.563. The van der Waals surface area contributed by atoms with Gasteiger partial charge in [-0.3, -0.25) is 14.5 Å². The maximum atomic E-state index is 13.0. The van der Waals surface area contributed by atoms with Gasteiger partial charge in [0, 0.05) is 10.0 Å². The first-order chi connectivity index (χ1) is 13.0. The van der Waals surface area contributed by atoms with Gasteiger partial charge in [-0.1, -0.05) is 73.1 Å². The third-order valence-corrected chi connectivity index (χ3v) is 5.60. The highest BCUT2D eigenvalue weighted by molar-refractivity contribution is 9.10. The van der Waals surface area contributed by atoms with Gasteiger partial charge in [-0.15, -0.1) is 0 Å². The van der Waals surface area contributed by atoms with Gasteiger partial charge < -0.3 is 5.32 Å². The Hall–Kier alpha value is -2.47. The Morgan fingerprint density at radius 2 is 1.61 bits per heavy atom. The van der Waals surface area contributed by atoms with Gasteiger partial charge in [-0.25, -0.2) is 4.79 Å². The number of nitrogens with one attached hydrogen (secondary N) is 1. The third kappa shape index (κ3) is 3.74. The first-order valence-corrected chi connectivity index (χ1v) is 9.85. The van der Waals surface area contributed by atoms with Crippen LogP contribution in [0.5, 0.6) is 0 Å². The van der Waals surface area contributed by atoms with Gasteiger partial charge in [0.1, 0.15) is 5.54 Å². The Bertz CT molecular complexity index is 930. The molecule has 5 nitrogen and oxygen atoms in total. The van der Waals surface area contributed by atoms with Crippen LogP contribution in [0.2, 0.25) is 0 Å². The summed E-state index contributed by atoms with van der Waals surface area (Å²) in [5, 5.41) is 2.75. The van der Waals surface area contributed by atoms with Crippen molar-refractivity contribution >= 4 is 33.7 Å². The van der Waals surface area contributed by atoms with Crippen LogP contribution >= 0.6 is 15.9 Å². The molecule has 1 saturated heterocycles. The van der Waals surface area contributed by atoms with E-state index in [1.54, 1.807) is 31.2 Å². The highest BCUT2D eigenvalue weighted by atomic mass is 79.9. The Morgan fingerprint density at radius 3 is 2.14 bits per heavy atom. The number of urea groups is 1. The third-order valence-electron chi connectivity index (χ3n) is 5.07. The lowest BCUT2D eigenvalue weighted by Crippen LogP contribution is -2.41. The molecular weight excluding hydrogens is 420 g/mol. The van der Waals surface area contributed by atoms with Crippen LogP contribution in [0.15, 0.2) is 53.0 Å². The zero-order valence-electron chi connectivity index (χ0n) is 16.4. The number of ketones is 1. The second-order valence-electron chi connectivity index (χ2n) is 8.20. The molecule has 146 valence electrons. The summed E-state index contributed by atoms with van der Waals surface area (Å²) in [6.07, 6.45) is 0. The molecule has 6 heteroatoms. The smallest absolute Gasteiger partial charge is 0.319 e. The van der Waals surface area contributed by atoms with Crippen molar-refractivity contribution in [2.24, 2.45) is 0 Å². The van der Waals surface area contributed by atoms with Crippen molar-refractivity contribution in [3.8, 4) is 0 Å². The number of nitrogens with zero attached hydrogens (tertiary/aromatic N) is 1. The Balaban J connectivity index is 1.82. The number of carbonyl (C=O) groups is 3. The Kier molecular flexibility index (Phi) is 5.19. The molecule has 0 aliphatic carbocycles. The van der Waals surface area contributed by atoms with Crippen LogP contribution in [0.3, 0.4) is 0 Å². The van der Waals surface area contributed by atoms with Crippen molar-refractivity contribution in [3.63, 3.8) is 0 Å². The number of benzene rings is 2. The molecule has 1 N–H and O–H groups in total. The van der Waals surface area contributed by atoms with E-state index in [0.29, 0.717) is 11.1 Å². The van der Waals surface area contributed by atoms with E-state index < -0.39 is 17.5 Å². The van der Waals surface area contributed by atoms with Crippen LogP contribution in [-0.2, 0) is 15.7 Å². The predicted octanol–water partition coefficient (Wildman–Crippen LogP) is 4.40. The Morgan fingerprint density at radius 1 is 1.04 bits per heavy atom. The van der Waals surface area contributed by atoms with Gasteiger partial charge in [0.15, 0.2) is 5.78 Å². The van der Waals surface area contributed by atoms with E-state index in [1.807, 2.05) is 24.3 Å². The topological polar surface area (TPSA) is 66.5 Å². The molecule has 28 heavy (non-hydrogen) atoms.